The number of likely N-dealkylation sites (tertiary alicyclic amines) is 1. The van der Waals surface area contributed by atoms with Crippen molar-refractivity contribution in [2.45, 2.75) is 18.6 Å². The molecule has 0 radical (unpaired) electrons. The molecule has 164 valence electrons. The third-order valence-electron chi connectivity index (χ3n) is 5.48. The van der Waals surface area contributed by atoms with Crippen molar-refractivity contribution < 1.29 is 13.5 Å². The van der Waals surface area contributed by atoms with Crippen LogP contribution in [0.4, 0.5) is 26.1 Å². The van der Waals surface area contributed by atoms with Crippen LogP contribution in [0.2, 0.25) is 0 Å². The van der Waals surface area contributed by atoms with Crippen molar-refractivity contribution in [1.29, 1.82) is 5.53 Å². The topological polar surface area (TPSA) is 103 Å². The van der Waals surface area contributed by atoms with E-state index in [1.54, 1.807) is 25.2 Å². The van der Waals surface area contributed by atoms with Gasteiger partial charge in [-0.1, -0.05) is 6.07 Å². The summed E-state index contributed by atoms with van der Waals surface area (Å²) < 4.78 is 36.2. The van der Waals surface area contributed by atoms with E-state index in [1.165, 1.54) is 17.8 Å². The normalized spacial score (nSPS) is 19.4. The largest absolute Gasteiger partial charge is 0.479 e. The number of fused-ring (bicyclic) bond motifs is 1. The van der Waals surface area contributed by atoms with Gasteiger partial charge < -0.3 is 20.3 Å². The molecule has 0 saturated carbocycles. The van der Waals surface area contributed by atoms with Crippen LogP contribution in [-0.4, -0.2) is 66.0 Å². The summed E-state index contributed by atoms with van der Waals surface area (Å²) in [4.78, 5) is 6.30. The summed E-state index contributed by atoms with van der Waals surface area (Å²) in [5, 5.41) is 13.8. The van der Waals surface area contributed by atoms with Gasteiger partial charge in [-0.3, -0.25) is 0 Å². The lowest BCUT2D eigenvalue weighted by Gasteiger charge is -2.32. The Hall–Kier alpha value is -3.34. The van der Waals surface area contributed by atoms with Crippen molar-refractivity contribution in [1.82, 2.24) is 19.5 Å². The molecule has 1 fully saturated rings. The molecule has 9 nitrogen and oxygen atoms in total. The SMILES string of the molecule is CNc1cc(-c2c(F)cn3nc(N[C@H]4CCN(C)C[C@H]4F)nc(OC)c23)ccc1N=N. The number of nitrogens with zero attached hydrogens (tertiary/aromatic N) is 5. The van der Waals surface area contributed by atoms with Gasteiger partial charge in [0.15, 0.2) is 5.82 Å². The van der Waals surface area contributed by atoms with Gasteiger partial charge in [0.1, 0.15) is 17.4 Å². The van der Waals surface area contributed by atoms with Crippen molar-refractivity contribution in [3.8, 4) is 17.0 Å². The summed E-state index contributed by atoms with van der Waals surface area (Å²) in [6, 6.07) is 4.56. The first kappa shape index (κ1) is 20.9. The van der Waals surface area contributed by atoms with Crippen LogP contribution >= 0.6 is 0 Å². The first-order valence-corrected chi connectivity index (χ1v) is 9.86. The first-order chi connectivity index (χ1) is 14.9. The minimum Gasteiger partial charge on any atom is -0.479 e. The number of nitrogens with one attached hydrogen (secondary N) is 3. The van der Waals surface area contributed by atoms with Gasteiger partial charge in [-0.15, -0.1) is 5.10 Å². The van der Waals surface area contributed by atoms with Crippen LogP contribution in [0.1, 0.15) is 6.42 Å². The molecule has 0 unspecified atom stereocenters. The number of halogens is 2. The number of benzene rings is 1. The van der Waals surface area contributed by atoms with Gasteiger partial charge in [0.2, 0.25) is 11.8 Å². The maximum Gasteiger partial charge on any atom is 0.244 e. The summed E-state index contributed by atoms with van der Waals surface area (Å²) in [6.45, 7) is 1.09. The molecule has 4 rings (SSSR count). The fraction of sp³-hybridized carbons (Fsp3) is 0.400. The molecule has 11 heteroatoms. The molecule has 31 heavy (non-hydrogen) atoms. The van der Waals surface area contributed by atoms with Gasteiger partial charge in [0.25, 0.3) is 0 Å². The highest BCUT2D eigenvalue weighted by molar-refractivity contribution is 5.87. The Labute approximate surface area is 177 Å². The standard InChI is InChI=1S/C20H24F2N8O/c1-24-16-8-11(4-5-15(16)27-23)17-13(22)10-30-18(17)19(31-3)26-20(28-30)25-14-6-7-29(2)9-12(14)21/h4-5,8,10,12,14,23-24H,6-7,9H2,1-3H3,(H,25,28)/t12-,14+/m1/s1. The highest BCUT2D eigenvalue weighted by Crippen LogP contribution is 2.37. The zero-order valence-electron chi connectivity index (χ0n) is 17.5. The van der Waals surface area contributed by atoms with E-state index >= 15 is 4.39 Å². The van der Waals surface area contributed by atoms with Crippen molar-refractivity contribution in [3.63, 3.8) is 0 Å². The Balaban J connectivity index is 1.76. The summed E-state index contributed by atoms with van der Waals surface area (Å²) in [7, 11) is 5.02. The van der Waals surface area contributed by atoms with E-state index in [1.807, 2.05) is 11.9 Å². The van der Waals surface area contributed by atoms with Crippen LogP contribution < -0.4 is 15.4 Å². The molecule has 3 heterocycles. The summed E-state index contributed by atoms with van der Waals surface area (Å²) in [5.74, 6) is -0.174. The molecule has 1 aliphatic rings. The highest BCUT2D eigenvalue weighted by Gasteiger charge is 2.29. The summed E-state index contributed by atoms with van der Waals surface area (Å²) in [5.41, 5.74) is 9.44. The quantitative estimate of drug-likeness (QED) is 0.516. The lowest BCUT2D eigenvalue weighted by molar-refractivity contribution is 0.149. The number of rotatable bonds is 6. The average Bonchev–Trinajstić information content (AvgIpc) is 3.10. The smallest absolute Gasteiger partial charge is 0.244 e. The first-order valence-electron chi connectivity index (χ1n) is 9.86. The number of hydrogen-bond donors (Lipinski definition) is 3. The third-order valence-corrected chi connectivity index (χ3v) is 5.48. The Morgan fingerprint density at radius 3 is 2.84 bits per heavy atom. The van der Waals surface area contributed by atoms with Crippen LogP contribution in [-0.2, 0) is 0 Å². The predicted octanol–water partition coefficient (Wildman–Crippen LogP) is 3.70. The zero-order chi connectivity index (χ0) is 22.1. The van der Waals surface area contributed by atoms with Gasteiger partial charge in [-0.2, -0.15) is 10.1 Å². The number of aromatic nitrogens is 3. The van der Waals surface area contributed by atoms with Crippen molar-refractivity contribution >= 4 is 22.8 Å². The number of hydrogen-bond acceptors (Lipinski definition) is 8. The summed E-state index contributed by atoms with van der Waals surface area (Å²) in [6.07, 6.45) is 0.776. The van der Waals surface area contributed by atoms with Gasteiger partial charge in [0.05, 0.1) is 30.6 Å². The van der Waals surface area contributed by atoms with Gasteiger partial charge in [-0.05, 0) is 31.2 Å². The van der Waals surface area contributed by atoms with E-state index in [-0.39, 0.29) is 17.4 Å². The monoisotopic (exact) mass is 430 g/mol. The van der Waals surface area contributed by atoms with Crippen molar-refractivity contribution in [2.75, 3.05) is 44.9 Å². The number of alkyl halides is 1. The van der Waals surface area contributed by atoms with E-state index in [0.717, 1.165) is 6.54 Å². The second-order valence-electron chi connectivity index (χ2n) is 7.50. The predicted molar refractivity (Wildman–Crippen MR) is 114 cm³/mol. The minimum absolute atomic E-state index is 0.167. The molecule has 2 aromatic heterocycles. The lowest BCUT2D eigenvalue weighted by atomic mass is 10.0. The zero-order valence-corrected chi connectivity index (χ0v) is 17.5. The lowest BCUT2D eigenvalue weighted by Crippen LogP contribution is -2.46. The molecule has 1 aliphatic heterocycles. The number of ether oxygens (including phenoxy) is 1. The fourth-order valence-electron chi connectivity index (χ4n) is 3.87. The Kier molecular flexibility index (Phi) is 5.68. The van der Waals surface area contributed by atoms with Crippen LogP contribution in [0.25, 0.3) is 16.6 Å². The van der Waals surface area contributed by atoms with Crippen molar-refractivity contribution in [2.24, 2.45) is 5.11 Å². The van der Waals surface area contributed by atoms with Gasteiger partial charge in [-0.25, -0.2) is 18.8 Å². The molecule has 3 aromatic rings. The molecule has 0 bridgehead atoms. The van der Waals surface area contributed by atoms with Crippen LogP contribution in [0.15, 0.2) is 29.5 Å². The van der Waals surface area contributed by atoms with E-state index in [4.69, 9.17) is 10.3 Å². The Morgan fingerprint density at radius 2 is 2.16 bits per heavy atom. The fourth-order valence-corrected chi connectivity index (χ4v) is 3.87. The molecule has 1 saturated heterocycles. The molecule has 0 aliphatic carbocycles. The van der Waals surface area contributed by atoms with Crippen molar-refractivity contribution in [3.05, 3.63) is 30.2 Å². The molecule has 0 spiro atoms. The van der Waals surface area contributed by atoms with Gasteiger partial charge >= 0.3 is 0 Å². The highest BCUT2D eigenvalue weighted by atomic mass is 19.1. The van der Waals surface area contributed by atoms with Crippen LogP contribution in [0.5, 0.6) is 5.88 Å². The van der Waals surface area contributed by atoms with E-state index in [2.05, 4.69) is 25.8 Å². The van der Waals surface area contributed by atoms with E-state index in [9.17, 15) is 4.39 Å². The molecule has 1 aromatic carbocycles. The molecule has 2 atom stereocenters. The number of piperidine rings is 1. The number of anilines is 2. The Bertz CT molecular complexity index is 1120. The summed E-state index contributed by atoms with van der Waals surface area (Å²) >= 11 is 0. The average molecular weight is 430 g/mol. The molecular formula is C20H24F2N8O. The second kappa shape index (κ2) is 8.42. The van der Waals surface area contributed by atoms with Crippen LogP contribution in [0, 0.1) is 11.3 Å². The minimum atomic E-state index is -1.07. The van der Waals surface area contributed by atoms with Crippen LogP contribution in [0.3, 0.4) is 0 Å². The molecule has 3 N–H and O–H groups in total. The van der Waals surface area contributed by atoms with E-state index in [0.29, 0.717) is 35.4 Å². The number of methoxy groups -OCH3 is 1. The maximum absolute atomic E-state index is 15.0. The maximum atomic E-state index is 15.0. The molecule has 0 amide bonds. The third kappa shape index (κ3) is 3.88. The van der Waals surface area contributed by atoms with E-state index < -0.39 is 18.0 Å². The molecular weight excluding hydrogens is 406 g/mol. The van der Waals surface area contributed by atoms with Gasteiger partial charge in [0, 0.05) is 20.1 Å². The Morgan fingerprint density at radius 1 is 1.35 bits per heavy atom. The second-order valence-corrected chi connectivity index (χ2v) is 7.50.